The van der Waals surface area contributed by atoms with Crippen molar-refractivity contribution < 1.29 is 17.7 Å². The van der Waals surface area contributed by atoms with Crippen LogP contribution in [-0.2, 0) is 21.4 Å². The van der Waals surface area contributed by atoms with Crippen LogP contribution in [0.15, 0.2) is 29.0 Å². The molecule has 2 aromatic rings. The van der Waals surface area contributed by atoms with E-state index in [1.165, 1.54) is 10.6 Å². The molecule has 3 rings (SSSR count). The van der Waals surface area contributed by atoms with Crippen molar-refractivity contribution in [2.75, 3.05) is 19.3 Å². The minimum atomic E-state index is -3.11. The summed E-state index contributed by atoms with van der Waals surface area (Å²) in [7, 11) is -3.11. The van der Waals surface area contributed by atoms with Gasteiger partial charge in [0.25, 0.3) is 5.89 Å². The van der Waals surface area contributed by atoms with Crippen LogP contribution in [0.1, 0.15) is 18.7 Å². The van der Waals surface area contributed by atoms with E-state index in [9.17, 15) is 8.42 Å². The van der Waals surface area contributed by atoms with Crippen molar-refractivity contribution in [2.45, 2.75) is 25.6 Å². The first-order valence-electron chi connectivity index (χ1n) is 7.32. The van der Waals surface area contributed by atoms with Crippen LogP contribution in [0, 0.1) is 0 Å². The summed E-state index contributed by atoms with van der Waals surface area (Å²) in [6.45, 7) is 1.18. The van der Waals surface area contributed by atoms with E-state index < -0.39 is 10.0 Å². The highest BCUT2D eigenvalue weighted by Crippen LogP contribution is 2.18. The quantitative estimate of drug-likeness (QED) is 0.804. The van der Waals surface area contributed by atoms with Crippen molar-refractivity contribution in [3.05, 3.63) is 30.4 Å². The molecule has 0 aromatic carbocycles. The predicted molar refractivity (Wildman–Crippen MR) is 81.8 cm³/mol. The van der Waals surface area contributed by atoms with Crippen molar-refractivity contribution in [2.24, 2.45) is 0 Å². The average Bonchev–Trinajstić information content (AvgIpc) is 3.02. The number of rotatable bonds is 5. The van der Waals surface area contributed by atoms with E-state index in [0.717, 1.165) is 5.56 Å². The van der Waals surface area contributed by atoms with Crippen molar-refractivity contribution in [3.63, 3.8) is 0 Å². The van der Waals surface area contributed by atoms with Crippen LogP contribution in [-0.4, -0.2) is 53.3 Å². The SMILES string of the molecule is CS(=O)(=O)N1CCC(OCc2nc(-c3cccnc3)no2)CC1. The lowest BCUT2D eigenvalue weighted by Gasteiger charge is -2.29. The summed E-state index contributed by atoms with van der Waals surface area (Å²) in [6, 6.07) is 3.65. The van der Waals surface area contributed by atoms with Gasteiger partial charge in [-0.15, -0.1) is 0 Å². The van der Waals surface area contributed by atoms with Crippen LogP contribution in [0.2, 0.25) is 0 Å². The Labute approximate surface area is 134 Å². The van der Waals surface area contributed by atoms with E-state index in [1.807, 2.05) is 6.07 Å². The maximum atomic E-state index is 11.5. The number of nitrogens with zero attached hydrogens (tertiary/aromatic N) is 4. The third kappa shape index (κ3) is 4.12. The van der Waals surface area contributed by atoms with Crippen LogP contribution in [0.5, 0.6) is 0 Å². The molecule has 0 radical (unpaired) electrons. The molecule has 0 atom stereocenters. The van der Waals surface area contributed by atoms with Gasteiger partial charge in [0, 0.05) is 31.0 Å². The molecule has 8 nitrogen and oxygen atoms in total. The second-order valence-electron chi connectivity index (χ2n) is 5.43. The fourth-order valence-corrected chi connectivity index (χ4v) is 3.32. The highest BCUT2D eigenvalue weighted by atomic mass is 32.2. The van der Waals surface area contributed by atoms with Gasteiger partial charge in [0.1, 0.15) is 6.61 Å². The van der Waals surface area contributed by atoms with Crippen LogP contribution in [0.3, 0.4) is 0 Å². The van der Waals surface area contributed by atoms with Gasteiger partial charge in [0.05, 0.1) is 12.4 Å². The monoisotopic (exact) mass is 338 g/mol. The Morgan fingerprint density at radius 3 is 2.83 bits per heavy atom. The zero-order valence-corrected chi connectivity index (χ0v) is 13.6. The van der Waals surface area contributed by atoms with E-state index in [2.05, 4.69) is 15.1 Å². The Balaban J connectivity index is 1.51. The molecular weight excluding hydrogens is 320 g/mol. The Morgan fingerprint density at radius 1 is 1.39 bits per heavy atom. The van der Waals surface area contributed by atoms with Gasteiger partial charge in [0.2, 0.25) is 15.8 Å². The molecule has 0 aliphatic carbocycles. The normalized spacial score (nSPS) is 17.4. The van der Waals surface area contributed by atoms with E-state index in [-0.39, 0.29) is 12.7 Å². The molecule has 0 spiro atoms. The van der Waals surface area contributed by atoms with Crippen molar-refractivity contribution in [1.29, 1.82) is 0 Å². The van der Waals surface area contributed by atoms with Gasteiger partial charge in [-0.3, -0.25) is 4.98 Å². The van der Waals surface area contributed by atoms with E-state index >= 15 is 0 Å². The summed E-state index contributed by atoms with van der Waals surface area (Å²) in [5.74, 6) is 0.873. The number of hydrogen-bond acceptors (Lipinski definition) is 7. The molecule has 0 N–H and O–H groups in total. The summed E-state index contributed by atoms with van der Waals surface area (Å²) in [6.07, 6.45) is 5.90. The molecule has 0 amide bonds. The van der Waals surface area contributed by atoms with Gasteiger partial charge in [0.15, 0.2) is 0 Å². The van der Waals surface area contributed by atoms with Gasteiger partial charge in [-0.1, -0.05) is 5.16 Å². The third-order valence-corrected chi connectivity index (χ3v) is 5.00. The second-order valence-corrected chi connectivity index (χ2v) is 7.41. The molecule has 1 saturated heterocycles. The molecule has 9 heteroatoms. The molecule has 0 saturated carbocycles. The molecule has 1 aliphatic heterocycles. The number of pyridine rings is 1. The van der Waals surface area contributed by atoms with Crippen LogP contribution in [0.4, 0.5) is 0 Å². The van der Waals surface area contributed by atoms with Gasteiger partial charge in [-0.2, -0.15) is 4.98 Å². The minimum Gasteiger partial charge on any atom is -0.368 e. The zero-order chi connectivity index (χ0) is 16.3. The van der Waals surface area contributed by atoms with Crippen molar-refractivity contribution in [3.8, 4) is 11.4 Å². The summed E-state index contributed by atoms with van der Waals surface area (Å²) >= 11 is 0. The number of hydrogen-bond donors (Lipinski definition) is 0. The summed E-state index contributed by atoms with van der Waals surface area (Å²) in [4.78, 5) is 8.28. The fourth-order valence-electron chi connectivity index (χ4n) is 2.45. The molecule has 1 fully saturated rings. The first kappa shape index (κ1) is 16.0. The van der Waals surface area contributed by atoms with Crippen molar-refractivity contribution >= 4 is 10.0 Å². The molecule has 124 valence electrons. The fraction of sp³-hybridized carbons (Fsp3) is 0.500. The standard InChI is InChI=1S/C14H18N4O4S/c1-23(19,20)18-7-4-12(5-8-18)21-10-13-16-14(17-22-13)11-3-2-6-15-9-11/h2-3,6,9,12H,4-5,7-8,10H2,1H3. The summed E-state index contributed by atoms with van der Waals surface area (Å²) in [5.41, 5.74) is 0.781. The lowest BCUT2D eigenvalue weighted by molar-refractivity contribution is -0.00111. The zero-order valence-electron chi connectivity index (χ0n) is 12.8. The van der Waals surface area contributed by atoms with Crippen LogP contribution >= 0.6 is 0 Å². The minimum absolute atomic E-state index is 0.00161. The first-order chi connectivity index (χ1) is 11.0. The topological polar surface area (TPSA) is 98.4 Å². The molecule has 23 heavy (non-hydrogen) atoms. The lowest BCUT2D eigenvalue weighted by Crippen LogP contribution is -2.40. The average molecular weight is 338 g/mol. The molecule has 3 heterocycles. The van der Waals surface area contributed by atoms with Gasteiger partial charge < -0.3 is 9.26 Å². The van der Waals surface area contributed by atoms with Crippen molar-refractivity contribution in [1.82, 2.24) is 19.4 Å². The number of piperidine rings is 1. The van der Waals surface area contributed by atoms with E-state index in [4.69, 9.17) is 9.26 Å². The number of ether oxygens (including phenoxy) is 1. The lowest BCUT2D eigenvalue weighted by atomic mass is 10.1. The Bertz CT molecular complexity index is 739. The Morgan fingerprint density at radius 2 is 2.17 bits per heavy atom. The smallest absolute Gasteiger partial charge is 0.252 e. The Hall–Kier alpha value is -1.84. The molecule has 0 bridgehead atoms. The van der Waals surface area contributed by atoms with Gasteiger partial charge in [-0.25, -0.2) is 12.7 Å². The predicted octanol–water partition coefficient (Wildman–Crippen LogP) is 1.07. The Kier molecular flexibility index (Phi) is 4.69. The second kappa shape index (κ2) is 6.73. The number of sulfonamides is 1. The highest BCUT2D eigenvalue weighted by Gasteiger charge is 2.25. The largest absolute Gasteiger partial charge is 0.368 e. The highest BCUT2D eigenvalue weighted by molar-refractivity contribution is 7.88. The van der Waals surface area contributed by atoms with Crippen LogP contribution < -0.4 is 0 Å². The van der Waals surface area contributed by atoms with E-state index in [1.54, 1.807) is 18.5 Å². The number of aromatic nitrogens is 3. The maximum Gasteiger partial charge on any atom is 0.252 e. The molecule has 2 aromatic heterocycles. The van der Waals surface area contributed by atoms with Gasteiger partial charge >= 0.3 is 0 Å². The maximum absolute atomic E-state index is 11.5. The van der Waals surface area contributed by atoms with E-state index in [0.29, 0.717) is 37.6 Å². The molecule has 0 unspecified atom stereocenters. The molecular formula is C14H18N4O4S. The molecule has 1 aliphatic rings. The summed E-state index contributed by atoms with van der Waals surface area (Å²) in [5, 5.41) is 3.90. The van der Waals surface area contributed by atoms with Gasteiger partial charge in [-0.05, 0) is 25.0 Å². The third-order valence-electron chi connectivity index (χ3n) is 3.70. The first-order valence-corrected chi connectivity index (χ1v) is 9.17. The summed E-state index contributed by atoms with van der Waals surface area (Å²) < 4.78 is 35.3. The van der Waals surface area contributed by atoms with Crippen LogP contribution in [0.25, 0.3) is 11.4 Å².